The average molecular weight is 866 g/mol. The quantitative estimate of drug-likeness (QED) is 0.0796. The number of carboxylic acid groups (broad SMARTS) is 1. The normalized spacial score (nSPS) is 20.2. The summed E-state index contributed by atoms with van der Waals surface area (Å²) in [5.41, 5.74) is 2.81. The van der Waals surface area contributed by atoms with E-state index >= 15 is 0 Å². The van der Waals surface area contributed by atoms with E-state index in [4.69, 9.17) is 16.6 Å². The first-order chi connectivity index (χ1) is 28.9. The third kappa shape index (κ3) is 10.1. The van der Waals surface area contributed by atoms with Crippen LogP contribution < -0.4 is 26.6 Å². The number of nitrogens with one attached hydrogen (secondary N) is 5. The van der Waals surface area contributed by atoms with Crippen LogP contribution in [0.25, 0.3) is 11.3 Å². The fourth-order valence-corrected chi connectivity index (χ4v) is 9.06. The highest BCUT2D eigenvalue weighted by Crippen LogP contribution is 2.37. The predicted molar refractivity (Wildman–Crippen MR) is 218 cm³/mol. The van der Waals surface area contributed by atoms with Crippen LogP contribution in [-0.2, 0) is 39.2 Å². The van der Waals surface area contributed by atoms with Gasteiger partial charge in [-0.25, -0.2) is 14.8 Å². The summed E-state index contributed by atoms with van der Waals surface area (Å²) in [4.78, 5) is 99.0. The fourth-order valence-electron chi connectivity index (χ4n) is 7.84. The molecular weight excluding hydrogens is 818 g/mol. The Morgan fingerprint density at radius 2 is 1.73 bits per heavy atom. The Labute approximate surface area is 354 Å². The number of rotatable bonds is 18. The molecule has 2 saturated carbocycles. The van der Waals surface area contributed by atoms with Crippen LogP contribution in [0.4, 0.5) is 10.7 Å². The molecule has 19 nitrogen and oxygen atoms in total. The van der Waals surface area contributed by atoms with E-state index in [1.807, 2.05) is 11.7 Å². The highest BCUT2D eigenvalue weighted by Gasteiger charge is 2.46. The third-order valence-electron chi connectivity index (χ3n) is 11.3. The minimum absolute atomic E-state index is 0.0293. The summed E-state index contributed by atoms with van der Waals surface area (Å²) in [7, 11) is 1.92. The zero-order valence-corrected chi connectivity index (χ0v) is 34.7. The molecule has 0 aromatic carbocycles. The van der Waals surface area contributed by atoms with Crippen molar-refractivity contribution in [3.05, 3.63) is 44.5 Å². The molecule has 0 radical (unpaired) electrons. The van der Waals surface area contributed by atoms with Crippen LogP contribution in [0.5, 0.6) is 0 Å². The van der Waals surface area contributed by atoms with Crippen LogP contribution in [-0.4, -0.2) is 120 Å². The Morgan fingerprint density at radius 1 is 0.967 bits per heavy atom. The van der Waals surface area contributed by atoms with Gasteiger partial charge < -0.3 is 26.4 Å². The molecule has 7 rings (SSSR count). The molecule has 3 fully saturated rings. The number of halogens is 1. The lowest BCUT2D eigenvalue weighted by Gasteiger charge is -2.35. The molecule has 3 aromatic rings. The van der Waals surface area contributed by atoms with E-state index in [2.05, 4.69) is 36.7 Å². The number of fused-ring (bicyclic) bond motifs is 1. The van der Waals surface area contributed by atoms with Gasteiger partial charge in [0.05, 0.1) is 41.8 Å². The van der Waals surface area contributed by atoms with Crippen molar-refractivity contribution in [3.8, 4) is 11.3 Å². The number of piperidine rings is 1. The first-order valence-electron chi connectivity index (χ1n) is 20.2. The van der Waals surface area contributed by atoms with Crippen LogP contribution in [0.2, 0.25) is 5.02 Å². The molecule has 0 bridgehead atoms. The number of aromatic nitrogens is 4. The monoisotopic (exact) mass is 865 g/mol. The van der Waals surface area contributed by atoms with Crippen molar-refractivity contribution in [1.82, 2.24) is 50.8 Å². The molecular formula is C39H48ClN11O8S. The van der Waals surface area contributed by atoms with E-state index in [-0.39, 0.29) is 66.8 Å². The van der Waals surface area contributed by atoms with E-state index in [9.17, 15) is 38.7 Å². The summed E-state index contributed by atoms with van der Waals surface area (Å²) in [6.45, 7) is 0.735. The molecule has 0 spiro atoms. The van der Waals surface area contributed by atoms with Gasteiger partial charge in [0.2, 0.25) is 29.6 Å². The van der Waals surface area contributed by atoms with Crippen molar-refractivity contribution in [2.75, 3.05) is 31.5 Å². The molecule has 2 aliphatic heterocycles. The summed E-state index contributed by atoms with van der Waals surface area (Å²) >= 11 is 7.61. The van der Waals surface area contributed by atoms with E-state index in [0.29, 0.717) is 79.1 Å². The number of thiophene rings is 1. The van der Waals surface area contributed by atoms with Gasteiger partial charge in [-0.1, -0.05) is 11.6 Å². The molecule has 4 aliphatic rings. The number of imide groups is 2. The molecule has 1 atom stereocenters. The second-order valence-corrected chi connectivity index (χ2v) is 17.2. The Kier molecular flexibility index (Phi) is 13.4. The standard InChI is InChI=1S/C39H48ClN11O8S/c1-49-29(14-21-4-5-21)26(17-45-49)33-27(40)18-44-38(48-33)46-22-6-8-23(9-7-22)50(39(58)59)20-32(54)42-13-3-2-12-41-19-31(53)43-16-24-15-25-34(60-24)37(57)51(36(25)56)28-10-11-30(52)47-35(28)55/h15,17-18,21-23,28,41H,2-14,16,19-20H2,1H3,(H,42,54)(H,43,53)(H,58,59)(H,44,46,48)(H,47,52,55)/t22-,23-,28?. The Morgan fingerprint density at radius 3 is 2.45 bits per heavy atom. The maximum Gasteiger partial charge on any atom is 0.408 e. The molecule has 1 saturated heterocycles. The van der Waals surface area contributed by atoms with Gasteiger partial charge in [-0.15, -0.1) is 11.3 Å². The number of hydrogen-bond acceptors (Lipinski definition) is 13. The van der Waals surface area contributed by atoms with Gasteiger partial charge in [-0.2, -0.15) is 5.10 Å². The van der Waals surface area contributed by atoms with E-state index in [1.54, 1.807) is 12.4 Å². The lowest BCUT2D eigenvalue weighted by Crippen LogP contribution is -2.54. The van der Waals surface area contributed by atoms with E-state index in [0.717, 1.165) is 33.9 Å². The van der Waals surface area contributed by atoms with Crippen LogP contribution >= 0.6 is 22.9 Å². The zero-order chi connectivity index (χ0) is 42.5. The Hall–Kier alpha value is -5.47. The molecule has 320 valence electrons. The van der Waals surface area contributed by atoms with Crippen LogP contribution in [0.15, 0.2) is 18.5 Å². The minimum Gasteiger partial charge on any atom is -0.465 e. The number of unbranched alkanes of at least 4 members (excludes halogenated alkanes) is 1. The third-order valence-corrected chi connectivity index (χ3v) is 12.7. The summed E-state index contributed by atoms with van der Waals surface area (Å²) < 4.78 is 1.88. The fraction of sp³-hybridized carbons (Fsp3) is 0.538. The molecule has 60 heavy (non-hydrogen) atoms. The number of nitrogens with zero attached hydrogens (tertiary/aromatic N) is 6. The van der Waals surface area contributed by atoms with Crippen molar-refractivity contribution < 1.29 is 38.7 Å². The first kappa shape index (κ1) is 42.6. The number of anilines is 1. The van der Waals surface area contributed by atoms with Gasteiger partial charge in [-0.05, 0) is 82.7 Å². The summed E-state index contributed by atoms with van der Waals surface area (Å²) in [5.74, 6) is -1.85. The molecule has 1 unspecified atom stereocenters. The van der Waals surface area contributed by atoms with Crippen molar-refractivity contribution in [2.45, 2.75) is 95.3 Å². The van der Waals surface area contributed by atoms with Crippen LogP contribution in [0.1, 0.15) is 94.8 Å². The highest BCUT2D eigenvalue weighted by atomic mass is 35.5. The topological polar surface area (TPSA) is 250 Å². The van der Waals surface area contributed by atoms with Gasteiger partial charge in [0.15, 0.2) is 0 Å². The van der Waals surface area contributed by atoms with Crippen molar-refractivity contribution in [2.24, 2.45) is 13.0 Å². The summed E-state index contributed by atoms with van der Waals surface area (Å²) in [6.07, 6.45) is 9.48. The molecule has 2 aliphatic carbocycles. The van der Waals surface area contributed by atoms with Gasteiger partial charge in [0.25, 0.3) is 11.8 Å². The number of aryl methyl sites for hydroxylation is 1. The van der Waals surface area contributed by atoms with E-state index in [1.165, 1.54) is 23.8 Å². The molecule has 3 aromatic heterocycles. The first-order valence-corrected chi connectivity index (χ1v) is 21.4. The lowest BCUT2D eigenvalue weighted by molar-refractivity contribution is -0.136. The van der Waals surface area contributed by atoms with E-state index < -0.39 is 35.8 Å². The zero-order valence-electron chi connectivity index (χ0n) is 33.1. The molecule has 21 heteroatoms. The van der Waals surface area contributed by atoms with Gasteiger partial charge in [-0.3, -0.25) is 48.6 Å². The Bertz CT molecular complexity index is 2130. The predicted octanol–water partition coefficient (Wildman–Crippen LogP) is 2.45. The second kappa shape index (κ2) is 18.8. The van der Waals surface area contributed by atoms with Gasteiger partial charge in [0.1, 0.15) is 17.5 Å². The van der Waals surface area contributed by atoms with Crippen molar-refractivity contribution in [3.63, 3.8) is 0 Å². The maximum atomic E-state index is 12.9. The maximum absolute atomic E-state index is 12.9. The number of hydrogen-bond donors (Lipinski definition) is 6. The van der Waals surface area contributed by atoms with Crippen LogP contribution in [0.3, 0.4) is 0 Å². The smallest absolute Gasteiger partial charge is 0.408 e. The lowest BCUT2D eigenvalue weighted by atomic mass is 9.90. The van der Waals surface area contributed by atoms with Gasteiger partial charge >= 0.3 is 6.09 Å². The van der Waals surface area contributed by atoms with Crippen LogP contribution in [0, 0.1) is 5.92 Å². The summed E-state index contributed by atoms with van der Waals surface area (Å²) in [5, 5.41) is 29.0. The number of amides is 7. The minimum atomic E-state index is -1.14. The Balaban J connectivity index is 0.763. The average Bonchev–Trinajstić information content (AvgIpc) is 3.75. The molecule has 5 heterocycles. The molecule has 7 amide bonds. The van der Waals surface area contributed by atoms with Crippen molar-refractivity contribution in [1.29, 1.82) is 0 Å². The SMILES string of the molecule is Cn1ncc(-c2nc(N[C@H]3CC[C@H](N(CC(=O)NCCCCNCC(=O)NCc4cc5c(s4)C(=O)N(C4CCC(=O)NC4=O)C5=O)C(=O)O)CC3)ncc2Cl)c1CC1CC1. The molecule has 6 N–H and O–H groups in total. The number of carbonyl (C=O) groups is 7. The second-order valence-electron chi connectivity index (χ2n) is 15.6. The highest BCUT2D eigenvalue weighted by molar-refractivity contribution is 7.14. The van der Waals surface area contributed by atoms with Crippen molar-refractivity contribution >= 4 is 70.4 Å². The number of carbonyl (C=O) groups excluding carboxylic acids is 6. The van der Waals surface area contributed by atoms with Gasteiger partial charge in [0, 0.05) is 48.2 Å². The summed E-state index contributed by atoms with van der Waals surface area (Å²) in [6, 6.07) is 0.235. The largest absolute Gasteiger partial charge is 0.465 e.